The molecule has 33 heavy (non-hydrogen) atoms. The molecule has 2 fully saturated rings. The number of carbonyl (C=O) groups excluding carboxylic acids is 3. The minimum absolute atomic E-state index is 0.0274. The Kier molecular flexibility index (Phi) is 7.30. The van der Waals surface area contributed by atoms with Crippen molar-refractivity contribution in [3.05, 3.63) is 65.2 Å². The number of rotatable bonds is 6. The fourth-order valence-corrected chi connectivity index (χ4v) is 4.71. The van der Waals surface area contributed by atoms with Crippen LogP contribution >= 0.6 is 11.6 Å². The van der Waals surface area contributed by atoms with Crippen molar-refractivity contribution in [3.8, 4) is 0 Å². The first-order chi connectivity index (χ1) is 15.9. The van der Waals surface area contributed by atoms with Crippen molar-refractivity contribution >= 4 is 35.0 Å². The molecule has 2 atom stereocenters. The van der Waals surface area contributed by atoms with Crippen LogP contribution in [0.2, 0.25) is 5.02 Å². The van der Waals surface area contributed by atoms with E-state index in [1.807, 2.05) is 64.1 Å². The fourth-order valence-electron chi connectivity index (χ4n) is 4.52. The molecule has 2 aromatic carbocycles. The normalized spacial score (nSPS) is 20.1. The lowest BCUT2D eigenvalue weighted by molar-refractivity contribution is -0.137. The van der Waals surface area contributed by atoms with Crippen LogP contribution in [0.4, 0.5) is 5.69 Å². The third kappa shape index (κ3) is 5.54. The van der Waals surface area contributed by atoms with Gasteiger partial charge < -0.3 is 15.1 Å². The predicted octanol–water partition coefficient (Wildman–Crippen LogP) is 3.03. The number of benzene rings is 2. The van der Waals surface area contributed by atoms with Gasteiger partial charge in [0.25, 0.3) is 0 Å². The van der Waals surface area contributed by atoms with E-state index in [0.717, 1.165) is 5.56 Å². The molecule has 2 aromatic rings. The number of halogens is 1. The Morgan fingerprint density at radius 3 is 2.39 bits per heavy atom. The van der Waals surface area contributed by atoms with Gasteiger partial charge in [0.2, 0.25) is 17.7 Å². The maximum Gasteiger partial charge on any atom is 0.238 e. The summed E-state index contributed by atoms with van der Waals surface area (Å²) in [5, 5.41) is 3.34. The molecule has 0 aliphatic carbocycles. The van der Waals surface area contributed by atoms with E-state index < -0.39 is 0 Å². The molecular weight excluding hydrogens is 440 g/mol. The summed E-state index contributed by atoms with van der Waals surface area (Å²) in [6.07, 6.45) is 0.260. The quantitative estimate of drug-likeness (QED) is 0.707. The van der Waals surface area contributed by atoms with E-state index in [2.05, 4.69) is 5.32 Å². The van der Waals surface area contributed by atoms with Crippen molar-refractivity contribution in [1.82, 2.24) is 14.7 Å². The molecule has 0 aromatic heterocycles. The van der Waals surface area contributed by atoms with Crippen molar-refractivity contribution < 1.29 is 14.4 Å². The van der Waals surface area contributed by atoms with Crippen molar-refractivity contribution in [1.29, 1.82) is 0 Å². The number of piperazine rings is 1. The Hall–Kier alpha value is -2.90. The Bertz CT molecular complexity index is 1010. The van der Waals surface area contributed by atoms with E-state index in [0.29, 0.717) is 43.4 Å². The number of nitrogens with one attached hydrogen (secondary N) is 1. The summed E-state index contributed by atoms with van der Waals surface area (Å²) in [6.45, 7) is 5.05. The molecule has 0 saturated carbocycles. The molecule has 4 rings (SSSR count). The average Bonchev–Trinajstić information content (AvgIpc) is 3.22. The highest BCUT2D eigenvalue weighted by molar-refractivity contribution is 6.33. The van der Waals surface area contributed by atoms with Gasteiger partial charge in [0.15, 0.2) is 0 Å². The fraction of sp³-hybridized carbons (Fsp3) is 0.400. The maximum absolute atomic E-state index is 13.1. The van der Waals surface area contributed by atoms with Crippen molar-refractivity contribution in [2.45, 2.75) is 19.4 Å². The van der Waals surface area contributed by atoms with Crippen LogP contribution < -0.4 is 5.32 Å². The van der Waals surface area contributed by atoms with E-state index in [1.165, 1.54) is 0 Å². The van der Waals surface area contributed by atoms with Gasteiger partial charge in [-0.15, -0.1) is 0 Å². The van der Waals surface area contributed by atoms with Crippen LogP contribution in [0.25, 0.3) is 0 Å². The summed E-state index contributed by atoms with van der Waals surface area (Å²) >= 11 is 6.10. The molecule has 0 bridgehead atoms. The molecular formula is C25H29ClN4O3. The Labute approximate surface area is 199 Å². The minimum atomic E-state index is -0.307. The summed E-state index contributed by atoms with van der Waals surface area (Å²) in [5.41, 5.74) is 1.67. The number of hydrogen-bond donors (Lipinski definition) is 1. The van der Waals surface area contributed by atoms with Crippen LogP contribution in [0.1, 0.15) is 24.9 Å². The molecule has 174 valence electrons. The molecule has 2 saturated heterocycles. The van der Waals surface area contributed by atoms with Crippen LogP contribution in [0.3, 0.4) is 0 Å². The van der Waals surface area contributed by atoms with Gasteiger partial charge >= 0.3 is 0 Å². The van der Waals surface area contributed by atoms with Crippen molar-refractivity contribution in [3.63, 3.8) is 0 Å². The summed E-state index contributed by atoms with van der Waals surface area (Å²) in [6, 6.07) is 17.0. The largest absolute Gasteiger partial charge is 0.340 e. The standard InChI is InChI=1S/C25H29ClN4O3/c1-18(19-7-3-2-4-8-19)30-16-20(15-24(30)32)25(33)29-13-11-28(12-14-29)17-23(31)27-22-10-6-5-9-21(22)26/h2-10,18,20H,11-17H2,1H3,(H,27,31)/t18-,20+/m0/s1. The average molecular weight is 469 g/mol. The molecule has 2 heterocycles. The Morgan fingerprint density at radius 2 is 1.70 bits per heavy atom. The lowest BCUT2D eigenvalue weighted by atomic mass is 10.1. The summed E-state index contributed by atoms with van der Waals surface area (Å²) in [7, 11) is 0. The number of amides is 3. The first-order valence-electron chi connectivity index (χ1n) is 11.3. The molecule has 3 amide bonds. The number of nitrogens with zero attached hydrogens (tertiary/aromatic N) is 3. The lowest BCUT2D eigenvalue weighted by Crippen LogP contribution is -2.52. The monoisotopic (exact) mass is 468 g/mol. The number of carbonyl (C=O) groups is 3. The lowest BCUT2D eigenvalue weighted by Gasteiger charge is -2.35. The third-order valence-corrected chi connectivity index (χ3v) is 6.79. The van der Waals surface area contributed by atoms with Gasteiger partial charge in [-0.1, -0.05) is 54.1 Å². The van der Waals surface area contributed by atoms with Crippen molar-refractivity contribution in [2.24, 2.45) is 5.92 Å². The first-order valence-corrected chi connectivity index (χ1v) is 11.7. The molecule has 1 N–H and O–H groups in total. The van der Waals surface area contributed by atoms with Gasteiger partial charge in [-0.2, -0.15) is 0 Å². The molecule has 7 nitrogen and oxygen atoms in total. The smallest absolute Gasteiger partial charge is 0.238 e. The number of anilines is 1. The van der Waals surface area contributed by atoms with Crippen LogP contribution in [0.5, 0.6) is 0 Å². The first kappa shape index (κ1) is 23.3. The molecule has 0 unspecified atom stereocenters. The summed E-state index contributed by atoms with van der Waals surface area (Å²) in [5.74, 6) is -0.376. The van der Waals surface area contributed by atoms with E-state index in [-0.39, 0.29) is 42.6 Å². The summed E-state index contributed by atoms with van der Waals surface area (Å²) in [4.78, 5) is 43.8. The van der Waals surface area contributed by atoms with E-state index in [4.69, 9.17) is 11.6 Å². The molecule has 8 heteroatoms. The summed E-state index contributed by atoms with van der Waals surface area (Å²) < 4.78 is 0. The predicted molar refractivity (Wildman–Crippen MR) is 128 cm³/mol. The van der Waals surface area contributed by atoms with Crippen LogP contribution in [0, 0.1) is 5.92 Å². The highest BCUT2D eigenvalue weighted by Gasteiger charge is 2.39. The topological polar surface area (TPSA) is 73.0 Å². The van der Waals surface area contributed by atoms with Crippen LogP contribution in [0.15, 0.2) is 54.6 Å². The molecule has 2 aliphatic heterocycles. The SMILES string of the molecule is C[C@@H](c1ccccc1)N1C[C@H](C(=O)N2CCN(CC(=O)Nc3ccccc3Cl)CC2)CC1=O. The second-order valence-electron chi connectivity index (χ2n) is 8.66. The second kappa shape index (κ2) is 10.4. The highest BCUT2D eigenvalue weighted by Crippen LogP contribution is 2.29. The number of hydrogen-bond acceptors (Lipinski definition) is 4. The Balaban J connectivity index is 1.26. The zero-order valence-corrected chi connectivity index (χ0v) is 19.5. The maximum atomic E-state index is 13.1. The molecule has 0 spiro atoms. The van der Waals surface area contributed by atoms with Gasteiger partial charge in [-0.05, 0) is 24.6 Å². The molecule has 0 radical (unpaired) electrons. The van der Waals surface area contributed by atoms with E-state index in [1.54, 1.807) is 12.1 Å². The van der Waals surface area contributed by atoms with Gasteiger partial charge in [0, 0.05) is 39.1 Å². The van der Waals surface area contributed by atoms with E-state index >= 15 is 0 Å². The van der Waals surface area contributed by atoms with Gasteiger partial charge in [-0.25, -0.2) is 0 Å². The van der Waals surface area contributed by atoms with Gasteiger partial charge in [0.05, 0.1) is 29.2 Å². The second-order valence-corrected chi connectivity index (χ2v) is 9.07. The number of likely N-dealkylation sites (tertiary alicyclic amines) is 1. The molecule has 2 aliphatic rings. The third-order valence-electron chi connectivity index (χ3n) is 6.46. The highest BCUT2D eigenvalue weighted by atomic mass is 35.5. The van der Waals surface area contributed by atoms with Crippen LogP contribution in [-0.2, 0) is 14.4 Å². The zero-order chi connectivity index (χ0) is 23.4. The zero-order valence-electron chi connectivity index (χ0n) is 18.7. The van der Waals surface area contributed by atoms with E-state index in [9.17, 15) is 14.4 Å². The van der Waals surface area contributed by atoms with Crippen molar-refractivity contribution in [2.75, 3.05) is 44.6 Å². The minimum Gasteiger partial charge on any atom is -0.340 e. The van der Waals surface area contributed by atoms with Gasteiger partial charge in [-0.3, -0.25) is 19.3 Å². The Morgan fingerprint density at radius 1 is 1.03 bits per heavy atom. The van der Waals surface area contributed by atoms with Crippen LogP contribution in [-0.4, -0.2) is 71.7 Å². The number of para-hydroxylation sites is 1. The van der Waals surface area contributed by atoms with Gasteiger partial charge in [0.1, 0.15) is 0 Å².